The molecule has 0 amide bonds. The molecule has 2 bridgehead atoms. The molecule has 82 valence electrons. The molecule has 3 rings (SSSR count). The second kappa shape index (κ2) is 2.75. The van der Waals surface area contributed by atoms with Gasteiger partial charge in [0.1, 0.15) is 0 Å². The highest BCUT2D eigenvalue weighted by molar-refractivity contribution is 5.22. The van der Waals surface area contributed by atoms with E-state index in [0.29, 0.717) is 10.8 Å². The summed E-state index contributed by atoms with van der Waals surface area (Å²) < 4.78 is 0. The van der Waals surface area contributed by atoms with E-state index in [1.54, 1.807) is 0 Å². The molecular formula is C13H24O. The Morgan fingerprint density at radius 2 is 1.79 bits per heavy atom. The monoisotopic (exact) mass is 196 g/mol. The van der Waals surface area contributed by atoms with E-state index in [1.807, 2.05) is 13.8 Å². The van der Waals surface area contributed by atoms with Gasteiger partial charge < -0.3 is 5.11 Å². The molecule has 3 aliphatic carbocycles. The highest BCUT2D eigenvalue weighted by Crippen LogP contribution is 2.78. The molecule has 0 aromatic rings. The highest BCUT2D eigenvalue weighted by atomic mass is 16.3. The molecule has 3 saturated carbocycles. The molecule has 0 aromatic carbocycles. The van der Waals surface area contributed by atoms with Crippen molar-refractivity contribution < 1.29 is 5.11 Å². The van der Waals surface area contributed by atoms with Crippen molar-refractivity contribution in [3.05, 3.63) is 0 Å². The van der Waals surface area contributed by atoms with Crippen LogP contribution in [0.2, 0.25) is 0 Å². The van der Waals surface area contributed by atoms with Crippen molar-refractivity contribution in [1.82, 2.24) is 0 Å². The summed E-state index contributed by atoms with van der Waals surface area (Å²) in [6, 6.07) is 0. The lowest BCUT2D eigenvalue weighted by Gasteiger charge is -2.75. The fraction of sp³-hybridized carbons (Fsp3) is 1.00. The van der Waals surface area contributed by atoms with Gasteiger partial charge in [0, 0.05) is 5.41 Å². The largest absolute Gasteiger partial charge is 0.390 e. The van der Waals surface area contributed by atoms with Crippen molar-refractivity contribution in [3.63, 3.8) is 0 Å². The molecule has 0 aliphatic heterocycles. The van der Waals surface area contributed by atoms with E-state index in [4.69, 9.17) is 0 Å². The maximum atomic E-state index is 10.0. The van der Waals surface area contributed by atoms with Gasteiger partial charge in [0.25, 0.3) is 0 Å². The average molecular weight is 196 g/mol. The first-order valence-electron chi connectivity index (χ1n) is 6.05. The third kappa shape index (κ3) is 1.25. The maximum absolute atomic E-state index is 10.0. The zero-order chi connectivity index (χ0) is 10.6. The van der Waals surface area contributed by atoms with E-state index < -0.39 is 5.60 Å². The molecule has 0 saturated heterocycles. The maximum Gasteiger partial charge on any atom is 0.0648 e. The van der Waals surface area contributed by atoms with Crippen LogP contribution in [0.25, 0.3) is 0 Å². The smallest absolute Gasteiger partial charge is 0.0648 e. The Hall–Kier alpha value is -0.0400. The number of rotatable bonds is 4. The third-order valence-electron chi connectivity index (χ3n) is 4.92. The molecule has 1 nitrogen and oxygen atoms in total. The zero-order valence-electron chi connectivity index (χ0n) is 10.1. The number of aliphatic hydroxyl groups is 1. The third-order valence-corrected chi connectivity index (χ3v) is 4.92. The Morgan fingerprint density at radius 1 is 1.29 bits per heavy atom. The molecule has 3 fully saturated rings. The number of hydrogen-bond donors (Lipinski definition) is 1. The predicted octanol–water partition coefficient (Wildman–Crippen LogP) is 3.36. The molecule has 14 heavy (non-hydrogen) atoms. The standard InChI is InChI=1S/C13H24O/c1-5-10(2)6-12-7-13(8-12,9-12)11(3,4)14/h10,14H,5-9H2,1-4H3. The van der Waals surface area contributed by atoms with Crippen LogP contribution < -0.4 is 0 Å². The summed E-state index contributed by atoms with van der Waals surface area (Å²) in [4.78, 5) is 0. The molecule has 1 atom stereocenters. The molecule has 1 unspecified atom stereocenters. The predicted molar refractivity (Wildman–Crippen MR) is 59.1 cm³/mol. The Morgan fingerprint density at radius 3 is 2.14 bits per heavy atom. The molecule has 0 aromatic heterocycles. The van der Waals surface area contributed by atoms with Crippen molar-refractivity contribution in [2.45, 2.75) is 65.4 Å². The lowest BCUT2D eigenvalue weighted by molar-refractivity contribution is -0.292. The Kier molecular flexibility index (Phi) is 2.06. The van der Waals surface area contributed by atoms with Gasteiger partial charge in [-0.1, -0.05) is 20.3 Å². The van der Waals surface area contributed by atoms with Crippen LogP contribution in [0.3, 0.4) is 0 Å². The van der Waals surface area contributed by atoms with Gasteiger partial charge >= 0.3 is 0 Å². The van der Waals surface area contributed by atoms with Crippen molar-refractivity contribution >= 4 is 0 Å². The van der Waals surface area contributed by atoms with Crippen LogP contribution in [-0.4, -0.2) is 10.7 Å². The van der Waals surface area contributed by atoms with Gasteiger partial charge in [-0.25, -0.2) is 0 Å². The zero-order valence-corrected chi connectivity index (χ0v) is 10.1. The van der Waals surface area contributed by atoms with Gasteiger partial charge in [0.15, 0.2) is 0 Å². The normalized spacial score (nSPS) is 42.6. The Labute approximate surface area is 87.9 Å². The van der Waals surface area contributed by atoms with E-state index in [9.17, 15) is 5.11 Å². The van der Waals surface area contributed by atoms with Gasteiger partial charge in [-0.2, -0.15) is 0 Å². The van der Waals surface area contributed by atoms with Crippen LogP contribution in [0.4, 0.5) is 0 Å². The molecule has 1 N–H and O–H groups in total. The molecular weight excluding hydrogens is 172 g/mol. The summed E-state index contributed by atoms with van der Waals surface area (Å²) in [5.41, 5.74) is 0.514. The topological polar surface area (TPSA) is 20.2 Å². The highest BCUT2D eigenvalue weighted by Gasteiger charge is 2.72. The van der Waals surface area contributed by atoms with E-state index >= 15 is 0 Å². The van der Waals surface area contributed by atoms with Crippen LogP contribution in [0.5, 0.6) is 0 Å². The number of hydrogen-bond acceptors (Lipinski definition) is 1. The summed E-state index contributed by atoms with van der Waals surface area (Å²) in [5, 5.41) is 10.0. The first-order chi connectivity index (χ1) is 6.33. The van der Waals surface area contributed by atoms with Crippen molar-refractivity contribution in [3.8, 4) is 0 Å². The Balaban J connectivity index is 1.88. The molecule has 3 aliphatic rings. The fourth-order valence-electron chi connectivity index (χ4n) is 3.75. The van der Waals surface area contributed by atoms with Crippen LogP contribution >= 0.6 is 0 Å². The summed E-state index contributed by atoms with van der Waals surface area (Å²) in [7, 11) is 0. The van der Waals surface area contributed by atoms with Crippen LogP contribution in [0, 0.1) is 16.7 Å². The lowest BCUT2D eigenvalue weighted by atomic mass is 9.30. The van der Waals surface area contributed by atoms with E-state index in [2.05, 4.69) is 13.8 Å². The summed E-state index contributed by atoms with van der Waals surface area (Å²) in [6.45, 7) is 8.61. The van der Waals surface area contributed by atoms with Gasteiger partial charge in [0.05, 0.1) is 5.60 Å². The first-order valence-corrected chi connectivity index (χ1v) is 6.05. The molecule has 0 radical (unpaired) electrons. The summed E-state index contributed by atoms with van der Waals surface area (Å²) in [6.07, 6.45) is 6.55. The second-order valence-corrected chi connectivity index (χ2v) is 6.59. The average Bonchev–Trinajstić information content (AvgIpc) is 1.90. The second-order valence-electron chi connectivity index (χ2n) is 6.59. The van der Waals surface area contributed by atoms with Gasteiger partial charge in [-0.15, -0.1) is 0 Å². The fourth-order valence-corrected chi connectivity index (χ4v) is 3.75. The van der Waals surface area contributed by atoms with Gasteiger partial charge in [0.2, 0.25) is 0 Å². The Bertz CT molecular complexity index is 216. The van der Waals surface area contributed by atoms with Crippen molar-refractivity contribution in [2.24, 2.45) is 16.7 Å². The minimum Gasteiger partial charge on any atom is -0.390 e. The molecule has 1 heteroatoms. The minimum absolute atomic E-state index is 0.306. The minimum atomic E-state index is -0.440. The summed E-state index contributed by atoms with van der Waals surface area (Å²) in [5.74, 6) is 0.870. The quantitative estimate of drug-likeness (QED) is 0.731. The van der Waals surface area contributed by atoms with Gasteiger partial charge in [-0.3, -0.25) is 0 Å². The van der Waals surface area contributed by atoms with Crippen LogP contribution in [-0.2, 0) is 0 Å². The SMILES string of the molecule is CCC(C)CC12CC(C(C)(C)O)(C1)C2. The van der Waals surface area contributed by atoms with Gasteiger partial charge in [-0.05, 0) is 50.9 Å². The summed E-state index contributed by atoms with van der Waals surface area (Å²) >= 11 is 0. The van der Waals surface area contributed by atoms with Crippen LogP contribution in [0.15, 0.2) is 0 Å². The molecule has 0 spiro atoms. The first kappa shape index (κ1) is 10.5. The lowest BCUT2D eigenvalue weighted by Crippen LogP contribution is -2.70. The van der Waals surface area contributed by atoms with E-state index in [-0.39, 0.29) is 0 Å². The van der Waals surface area contributed by atoms with E-state index in [1.165, 1.54) is 32.1 Å². The molecule has 0 heterocycles. The van der Waals surface area contributed by atoms with Crippen molar-refractivity contribution in [1.29, 1.82) is 0 Å². The van der Waals surface area contributed by atoms with E-state index in [0.717, 1.165) is 5.92 Å². The van der Waals surface area contributed by atoms with Crippen LogP contribution in [0.1, 0.15) is 59.8 Å². The van der Waals surface area contributed by atoms with Crippen molar-refractivity contribution in [2.75, 3.05) is 0 Å².